The van der Waals surface area contributed by atoms with Gasteiger partial charge in [-0.05, 0) is 81.6 Å². The Kier molecular flexibility index (Phi) is 4.91. The summed E-state index contributed by atoms with van der Waals surface area (Å²) in [5.41, 5.74) is 0.742. The van der Waals surface area contributed by atoms with Gasteiger partial charge in [0.05, 0.1) is 16.3 Å². The standard InChI is InChI=1S/C13H8ClI2NO2/c14-10-6-8(16)1-3-11(10)17-13(19)9-5-7(15)2-4-12(9)18/h1-6,18H,(H,17,19). The minimum absolute atomic E-state index is 0.0560. The number of hydrogen-bond donors (Lipinski definition) is 2. The van der Waals surface area contributed by atoms with E-state index in [1.165, 1.54) is 6.07 Å². The molecule has 0 spiro atoms. The molecule has 6 heteroatoms. The average Bonchev–Trinajstić information content (AvgIpc) is 2.35. The zero-order valence-corrected chi connectivity index (χ0v) is 14.5. The van der Waals surface area contributed by atoms with Gasteiger partial charge in [-0.2, -0.15) is 0 Å². The fourth-order valence-electron chi connectivity index (χ4n) is 1.47. The van der Waals surface area contributed by atoms with E-state index in [2.05, 4.69) is 50.5 Å². The molecule has 98 valence electrons. The van der Waals surface area contributed by atoms with Gasteiger partial charge in [0.15, 0.2) is 0 Å². The molecule has 19 heavy (non-hydrogen) atoms. The van der Waals surface area contributed by atoms with Crippen molar-refractivity contribution in [3.63, 3.8) is 0 Å². The van der Waals surface area contributed by atoms with Crippen LogP contribution >= 0.6 is 56.8 Å². The highest BCUT2D eigenvalue weighted by Gasteiger charge is 2.13. The number of rotatable bonds is 2. The first-order chi connectivity index (χ1) is 8.97. The predicted molar refractivity (Wildman–Crippen MR) is 92.9 cm³/mol. The molecular weight excluding hydrogens is 491 g/mol. The summed E-state index contributed by atoms with van der Waals surface area (Å²) in [6.45, 7) is 0. The highest BCUT2D eigenvalue weighted by Crippen LogP contribution is 2.26. The molecule has 2 aromatic carbocycles. The summed E-state index contributed by atoms with van der Waals surface area (Å²) in [5.74, 6) is -0.446. The lowest BCUT2D eigenvalue weighted by Gasteiger charge is -2.09. The minimum atomic E-state index is -0.390. The number of phenols is 1. The highest BCUT2D eigenvalue weighted by molar-refractivity contribution is 14.1. The number of hydrogen-bond acceptors (Lipinski definition) is 2. The van der Waals surface area contributed by atoms with E-state index in [0.29, 0.717) is 10.7 Å². The van der Waals surface area contributed by atoms with Crippen LogP contribution in [0.15, 0.2) is 36.4 Å². The minimum Gasteiger partial charge on any atom is -0.507 e. The Morgan fingerprint density at radius 2 is 1.74 bits per heavy atom. The first-order valence-corrected chi connectivity index (χ1v) is 7.76. The summed E-state index contributed by atoms with van der Waals surface area (Å²) in [7, 11) is 0. The number of amides is 1. The molecule has 0 saturated heterocycles. The second-order valence-corrected chi connectivity index (χ2v) is 6.64. The molecule has 2 N–H and O–H groups in total. The molecule has 0 fully saturated rings. The van der Waals surface area contributed by atoms with Crippen molar-refractivity contribution >= 4 is 68.4 Å². The van der Waals surface area contributed by atoms with Gasteiger partial charge in [0.25, 0.3) is 5.91 Å². The lowest BCUT2D eigenvalue weighted by atomic mass is 10.2. The zero-order chi connectivity index (χ0) is 14.0. The molecule has 0 saturated carbocycles. The first kappa shape index (κ1) is 14.9. The van der Waals surface area contributed by atoms with E-state index in [1.54, 1.807) is 24.3 Å². The molecule has 0 radical (unpaired) electrons. The van der Waals surface area contributed by atoms with Crippen LogP contribution < -0.4 is 5.32 Å². The highest BCUT2D eigenvalue weighted by atomic mass is 127. The molecule has 0 aliphatic carbocycles. The summed E-state index contributed by atoms with van der Waals surface area (Å²) < 4.78 is 1.85. The third kappa shape index (κ3) is 3.73. The maximum Gasteiger partial charge on any atom is 0.259 e. The van der Waals surface area contributed by atoms with Gasteiger partial charge >= 0.3 is 0 Å². The van der Waals surface area contributed by atoms with Gasteiger partial charge in [-0.15, -0.1) is 0 Å². The number of carbonyl (C=O) groups excluding carboxylic acids is 1. The number of carbonyl (C=O) groups is 1. The summed E-state index contributed by atoms with van der Waals surface area (Å²) in [6.07, 6.45) is 0. The van der Waals surface area contributed by atoms with Gasteiger partial charge in [0, 0.05) is 7.14 Å². The van der Waals surface area contributed by atoms with E-state index in [-0.39, 0.29) is 17.2 Å². The Morgan fingerprint density at radius 3 is 2.42 bits per heavy atom. The lowest BCUT2D eigenvalue weighted by Crippen LogP contribution is -2.12. The summed E-state index contributed by atoms with van der Waals surface area (Å²) in [6, 6.07) is 10.2. The van der Waals surface area contributed by atoms with Crippen molar-refractivity contribution in [1.29, 1.82) is 0 Å². The third-order valence-electron chi connectivity index (χ3n) is 2.38. The van der Waals surface area contributed by atoms with Crippen LogP contribution in [-0.2, 0) is 0 Å². The summed E-state index contributed by atoms with van der Waals surface area (Å²) >= 11 is 10.3. The molecule has 0 aromatic heterocycles. The largest absolute Gasteiger partial charge is 0.507 e. The van der Waals surface area contributed by atoms with Crippen molar-refractivity contribution in [3.8, 4) is 5.75 Å². The fourth-order valence-corrected chi connectivity index (χ4v) is 2.86. The third-order valence-corrected chi connectivity index (χ3v) is 4.04. The van der Waals surface area contributed by atoms with Gasteiger partial charge in [-0.1, -0.05) is 11.6 Å². The lowest BCUT2D eigenvalue weighted by molar-refractivity contribution is 0.102. The van der Waals surface area contributed by atoms with Crippen molar-refractivity contribution < 1.29 is 9.90 Å². The number of halogens is 3. The molecule has 0 aliphatic heterocycles. The van der Waals surface area contributed by atoms with Crippen molar-refractivity contribution in [2.24, 2.45) is 0 Å². The van der Waals surface area contributed by atoms with Crippen molar-refractivity contribution in [2.75, 3.05) is 5.32 Å². The normalized spacial score (nSPS) is 10.3. The SMILES string of the molecule is O=C(Nc1ccc(I)cc1Cl)c1cc(I)ccc1O. The van der Waals surface area contributed by atoms with Gasteiger partial charge in [0.1, 0.15) is 5.75 Å². The Labute approximate surface area is 142 Å². The van der Waals surface area contributed by atoms with Gasteiger partial charge in [0.2, 0.25) is 0 Å². The summed E-state index contributed by atoms with van der Waals surface area (Å²) in [4.78, 5) is 12.1. The molecule has 0 bridgehead atoms. The molecule has 0 atom stereocenters. The molecule has 2 aromatic rings. The van der Waals surface area contributed by atoms with Gasteiger partial charge < -0.3 is 10.4 Å². The van der Waals surface area contributed by atoms with Crippen LogP contribution in [-0.4, -0.2) is 11.0 Å². The van der Waals surface area contributed by atoms with Crippen LogP contribution in [0.3, 0.4) is 0 Å². The van der Waals surface area contributed by atoms with Crippen LogP contribution in [0.25, 0.3) is 0 Å². The van der Waals surface area contributed by atoms with Crippen LogP contribution in [0.2, 0.25) is 5.02 Å². The molecule has 1 amide bonds. The van der Waals surface area contributed by atoms with E-state index in [0.717, 1.165) is 7.14 Å². The number of benzene rings is 2. The molecule has 2 rings (SSSR count). The van der Waals surface area contributed by atoms with E-state index in [9.17, 15) is 9.90 Å². The van der Waals surface area contributed by atoms with Crippen molar-refractivity contribution in [3.05, 3.63) is 54.1 Å². The average molecular weight is 499 g/mol. The smallest absolute Gasteiger partial charge is 0.259 e. The van der Waals surface area contributed by atoms with Crippen LogP contribution in [0.1, 0.15) is 10.4 Å². The molecular formula is C13H8ClI2NO2. The van der Waals surface area contributed by atoms with Crippen LogP contribution in [0.5, 0.6) is 5.75 Å². The van der Waals surface area contributed by atoms with Gasteiger partial charge in [-0.25, -0.2) is 0 Å². The number of nitrogens with one attached hydrogen (secondary N) is 1. The maximum absolute atomic E-state index is 12.1. The van der Waals surface area contributed by atoms with Crippen LogP contribution in [0, 0.1) is 7.14 Å². The van der Waals surface area contributed by atoms with E-state index in [4.69, 9.17) is 11.6 Å². The van der Waals surface area contributed by atoms with E-state index >= 15 is 0 Å². The van der Waals surface area contributed by atoms with Gasteiger partial charge in [-0.3, -0.25) is 4.79 Å². The molecule has 0 heterocycles. The monoisotopic (exact) mass is 499 g/mol. The van der Waals surface area contributed by atoms with Crippen molar-refractivity contribution in [1.82, 2.24) is 0 Å². The van der Waals surface area contributed by atoms with E-state index < -0.39 is 0 Å². The number of anilines is 1. The second kappa shape index (κ2) is 6.27. The van der Waals surface area contributed by atoms with Crippen molar-refractivity contribution in [2.45, 2.75) is 0 Å². The molecule has 0 unspecified atom stereocenters. The predicted octanol–water partition coefficient (Wildman–Crippen LogP) is 4.51. The number of phenolic OH excluding ortho intramolecular Hbond substituents is 1. The molecule has 0 aliphatic rings. The molecule has 3 nitrogen and oxygen atoms in total. The number of aromatic hydroxyl groups is 1. The topological polar surface area (TPSA) is 49.3 Å². The van der Waals surface area contributed by atoms with E-state index in [1.807, 2.05) is 6.07 Å². The zero-order valence-electron chi connectivity index (χ0n) is 9.45. The maximum atomic E-state index is 12.1. The first-order valence-electron chi connectivity index (χ1n) is 5.22. The Balaban J connectivity index is 2.28. The Hall–Kier alpha value is -0.540. The summed E-state index contributed by atoms with van der Waals surface area (Å²) in [5, 5.41) is 12.8. The Morgan fingerprint density at radius 1 is 1.11 bits per heavy atom. The van der Waals surface area contributed by atoms with Crippen LogP contribution in [0.4, 0.5) is 5.69 Å². The second-order valence-electron chi connectivity index (χ2n) is 3.74. The fraction of sp³-hybridized carbons (Fsp3) is 0. The Bertz CT molecular complexity index is 647. The quantitative estimate of drug-likeness (QED) is 0.598.